The van der Waals surface area contributed by atoms with Gasteiger partial charge in [0.25, 0.3) is 0 Å². The molecule has 9 heteroatoms. The van der Waals surface area contributed by atoms with Crippen LogP contribution < -0.4 is 5.32 Å². The fourth-order valence-electron chi connectivity index (χ4n) is 4.17. The highest BCUT2D eigenvalue weighted by atomic mass is 19.4. The number of rotatable bonds is 3. The molecule has 6 nitrogen and oxygen atoms in total. The van der Waals surface area contributed by atoms with E-state index in [1.807, 2.05) is 13.0 Å². The van der Waals surface area contributed by atoms with E-state index in [4.69, 9.17) is 0 Å². The van der Waals surface area contributed by atoms with Crippen LogP contribution in [-0.2, 0) is 11.0 Å². The monoisotopic (exact) mass is 443 g/mol. The summed E-state index contributed by atoms with van der Waals surface area (Å²) in [4.78, 5) is 30.1. The SMILES string of the molecule is Cc1nccc2c(NC(=O)[C@H]3CN(C(=O)O)C[C@@H]3c3ccc(C(F)(F)F)cc3)cccc12. The van der Waals surface area contributed by atoms with Crippen LogP contribution in [0.25, 0.3) is 10.8 Å². The van der Waals surface area contributed by atoms with Gasteiger partial charge in [-0.25, -0.2) is 4.79 Å². The number of fused-ring (bicyclic) bond motifs is 1. The van der Waals surface area contributed by atoms with Crippen LogP contribution in [0.3, 0.4) is 0 Å². The predicted molar refractivity (Wildman–Crippen MR) is 112 cm³/mol. The number of nitrogens with zero attached hydrogens (tertiary/aromatic N) is 2. The van der Waals surface area contributed by atoms with Crippen molar-refractivity contribution in [2.75, 3.05) is 18.4 Å². The first-order chi connectivity index (χ1) is 15.1. The molecule has 0 spiro atoms. The van der Waals surface area contributed by atoms with Gasteiger partial charge in [0.15, 0.2) is 0 Å². The van der Waals surface area contributed by atoms with Crippen LogP contribution in [0.15, 0.2) is 54.7 Å². The molecule has 0 radical (unpaired) electrons. The van der Waals surface area contributed by atoms with Gasteiger partial charge < -0.3 is 15.3 Å². The summed E-state index contributed by atoms with van der Waals surface area (Å²) in [5.41, 5.74) is 1.06. The quantitative estimate of drug-likeness (QED) is 0.604. The van der Waals surface area contributed by atoms with Crippen molar-refractivity contribution in [2.24, 2.45) is 5.92 Å². The Balaban J connectivity index is 1.63. The second-order valence-electron chi connectivity index (χ2n) is 7.81. The molecule has 0 unspecified atom stereocenters. The number of likely N-dealkylation sites (tertiary alicyclic amines) is 1. The first-order valence-corrected chi connectivity index (χ1v) is 9.95. The van der Waals surface area contributed by atoms with Crippen LogP contribution in [0.4, 0.5) is 23.7 Å². The van der Waals surface area contributed by atoms with E-state index in [0.29, 0.717) is 11.3 Å². The van der Waals surface area contributed by atoms with E-state index >= 15 is 0 Å². The normalized spacial score (nSPS) is 18.7. The number of alkyl halides is 3. The number of carbonyl (C=O) groups is 2. The maximum atomic E-state index is 13.2. The van der Waals surface area contributed by atoms with Crippen LogP contribution >= 0.6 is 0 Å². The lowest BCUT2D eigenvalue weighted by Crippen LogP contribution is -2.30. The van der Waals surface area contributed by atoms with Gasteiger partial charge in [-0.2, -0.15) is 13.2 Å². The van der Waals surface area contributed by atoms with E-state index in [1.165, 1.54) is 12.1 Å². The molecule has 1 aliphatic rings. The van der Waals surface area contributed by atoms with Gasteiger partial charge in [0.2, 0.25) is 5.91 Å². The highest BCUT2D eigenvalue weighted by Crippen LogP contribution is 2.36. The molecule has 1 fully saturated rings. The van der Waals surface area contributed by atoms with E-state index in [0.717, 1.165) is 33.5 Å². The highest BCUT2D eigenvalue weighted by molar-refractivity contribution is 6.03. The van der Waals surface area contributed by atoms with Crippen LogP contribution in [-0.4, -0.2) is 40.1 Å². The van der Waals surface area contributed by atoms with E-state index in [1.54, 1.807) is 24.4 Å². The molecule has 0 saturated carbocycles. The fraction of sp³-hybridized carbons (Fsp3) is 0.261. The molecular weight excluding hydrogens is 423 g/mol. The first kappa shape index (κ1) is 21.6. The third-order valence-electron chi connectivity index (χ3n) is 5.86. The lowest BCUT2D eigenvalue weighted by molar-refractivity contribution is -0.137. The summed E-state index contributed by atoms with van der Waals surface area (Å²) in [6.07, 6.45) is -4.01. The summed E-state index contributed by atoms with van der Waals surface area (Å²) < 4.78 is 38.7. The van der Waals surface area contributed by atoms with Gasteiger partial charge >= 0.3 is 12.3 Å². The van der Waals surface area contributed by atoms with Crippen LogP contribution in [0, 0.1) is 12.8 Å². The molecule has 3 aromatic rings. The lowest BCUT2D eigenvalue weighted by atomic mass is 9.87. The van der Waals surface area contributed by atoms with Gasteiger partial charge in [-0.05, 0) is 36.8 Å². The third kappa shape index (κ3) is 4.10. The Bertz CT molecular complexity index is 1180. The Morgan fingerprint density at radius 1 is 1.06 bits per heavy atom. The van der Waals surface area contributed by atoms with E-state index in [9.17, 15) is 27.9 Å². The maximum absolute atomic E-state index is 13.2. The molecular formula is C23H20F3N3O3. The van der Waals surface area contributed by atoms with Crippen molar-refractivity contribution in [1.29, 1.82) is 0 Å². The summed E-state index contributed by atoms with van der Waals surface area (Å²) in [7, 11) is 0. The zero-order valence-electron chi connectivity index (χ0n) is 17.1. The molecule has 2 N–H and O–H groups in total. The maximum Gasteiger partial charge on any atom is 0.416 e. The van der Waals surface area contributed by atoms with Gasteiger partial charge in [-0.1, -0.05) is 24.3 Å². The number of pyridine rings is 1. The molecule has 1 saturated heterocycles. The second kappa shape index (κ2) is 8.14. The van der Waals surface area contributed by atoms with E-state index in [2.05, 4.69) is 10.3 Å². The Morgan fingerprint density at radius 3 is 2.44 bits per heavy atom. The average Bonchev–Trinajstić information content (AvgIpc) is 3.20. The molecule has 0 bridgehead atoms. The Kier molecular flexibility index (Phi) is 5.50. The zero-order chi connectivity index (χ0) is 23.0. The number of amides is 2. The topological polar surface area (TPSA) is 82.5 Å². The van der Waals surface area contributed by atoms with Crippen molar-refractivity contribution in [2.45, 2.75) is 19.0 Å². The Labute approximate surface area is 181 Å². The Morgan fingerprint density at radius 2 is 1.78 bits per heavy atom. The van der Waals surface area contributed by atoms with Gasteiger partial charge in [-0.3, -0.25) is 9.78 Å². The summed E-state index contributed by atoms with van der Waals surface area (Å²) in [5.74, 6) is -1.70. The number of benzene rings is 2. The average molecular weight is 443 g/mol. The minimum Gasteiger partial charge on any atom is -0.465 e. The number of anilines is 1. The molecule has 0 aliphatic carbocycles. The van der Waals surface area contributed by atoms with Gasteiger partial charge in [0.1, 0.15) is 0 Å². The minimum absolute atomic E-state index is 0.0251. The highest BCUT2D eigenvalue weighted by Gasteiger charge is 2.41. The largest absolute Gasteiger partial charge is 0.465 e. The van der Waals surface area contributed by atoms with Gasteiger partial charge in [-0.15, -0.1) is 0 Å². The smallest absolute Gasteiger partial charge is 0.416 e. The minimum atomic E-state index is -4.47. The van der Waals surface area contributed by atoms with Crippen LogP contribution in [0.1, 0.15) is 22.7 Å². The molecule has 1 aromatic heterocycles. The molecule has 1 aliphatic heterocycles. The number of carbonyl (C=O) groups excluding carboxylic acids is 1. The van der Waals surface area contributed by atoms with E-state index < -0.39 is 29.7 Å². The van der Waals surface area contributed by atoms with Crippen LogP contribution in [0.2, 0.25) is 0 Å². The lowest BCUT2D eigenvalue weighted by Gasteiger charge is -2.19. The number of aryl methyl sites for hydroxylation is 1. The molecule has 2 aromatic carbocycles. The van der Waals surface area contributed by atoms with Crippen molar-refractivity contribution in [3.05, 3.63) is 71.5 Å². The molecule has 166 valence electrons. The summed E-state index contributed by atoms with van der Waals surface area (Å²) in [5, 5.41) is 14.0. The Hall–Kier alpha value is -3.62. The molecule has 32 heavy (non-hydrogen) atoms. The standard InChI is InChI=1S/C23H20F3N3O3/c1-13-16-3-2-4-20(17(16)9-10-27-13)28-21(30)19-12-29(22(31)32)11-18(19)14-5-7-15(8-6-14)23(24,25)26/h2-10,18-19H,11-12H2,1H3,(H,28,30)(H,31,32)/t18-,19+/m1/s1. The zero-order valence-corrected chi connectivity index (χ0v) is 17.1. The van der Waals surface area contributed by atoms with Crippen molar-refractivity contribution in [3.63, 3.8) is 0 Å². The van der Waals surface area contributed by atoms with E-state index in [-0.39, 0.29) is 19.0 Å². The summed E-state index contributed by atoms with van der Waals surface area (Å²) >= 11 is 0. The number of nitrogens with one attached hydrogen (secondary N) is 1. The summed E-state index contributed by atoms with van der Waals surface area (Å²) in [6.45, 7) is 1.84. The number of hydrogen-bond acceptors (Lipinski definition) is 3. The first-order valence-electron chi connectivity index (χ1n) is 9.95. The number of carboxylic acid groups (broad SMARTS) is 1. The van der Waals surface area contributed by atoms with Crippen molar-refractivity contribution in [1.82, 2.24) is 9.88 Å². The second-order valence-corrected chi connectivity index (χ2v) is 7.81. The van der Waals surface area contributed by atoms with Crippen molar-refractivity contribution in [3.8, 4) is 0 Å². The predicted octanol–water partition coefficient (Wildman–Crippen LogP) is 4.89. The van der Waals surface area contributed by atoms with Gasteiger partial charge in [0, 0.05) is 47.4 Å². The van der Waals surface area contributed by atoms with Crippen LogP contribution in [0.5, 0.6) is 0 Å². The third-order valence-corrected chi connectivity index (χ3v) is 5.86. The number of aromatic nitrogens is 1. The van der Waals surface area contributed by atoms with Crippen molar-refractivity contribution < 1.29 is 27.9 Å². The molecule has 2 amide bonds. The van der Waals surface area contributed by atoms with Crippen molar-refractivity contribution >= 4 is 28.5 Å². The fourth-order valence-corrected chi connectivity index (χ4v) is 4.17. The molecule has 4 rings (SSSR count). The molecule has 2 atom stereocenters. The number of hydrogen-bond donors (Lipinski definition) is 2. The van der Waals surface area contributed by atoms with Gasteiger partial charge in [0.05, 0.1) is 11.5 Å². The number of halogens is 3. The molecule has 2 heterocycles. The summed E-state index contributed by atoms with van der Waals surface area (Å²) in [6, 6.07) is 11.7.